The van der Waals surface area contributed by atoms with Crippen LogP contribution in [0.5, 0.6) is 0 Å². The zero-order valence-electron chi connectivity index (χ0n) is 15.0. The lowest BCUT2D eigenvalue weighted by Gasteiger charge is -2.34. The van der Waals surface area contributed by atoms with Gasteiger partial charge in [0.1, 0.15) is 0 Å². The first-order valence-electron chi connectivity index (χ1n) is 9.01. The fourth-order valence-electron chi connectivity index (χ4n) is 3.52. The Morgan fingerprint density at radius 1 is 1.20 bits per heavy atom. The van der Waals surface area contributed by atoms with Crippen molar-refractivity contribution in [1.82, 2.24) is 20.2 Å². The lowest BCUT2D eigenvalue weighted by molar-refractivity contribution is 0.0924. The van der Waals surface area contributed by atoms with E-state index < -0.39 is 0 Å². The molecule has 5 heteroatoms. The Kier molecular flexibility index (Phi) is 5.76. The highest BCUT2D eigenvalue weighted by atomic mass is 16.1. The number of pyridine rings is 2. The number of aryl methyl sites for hydroxylation is 2. The quantitative estimate of drug-likeness (QED) is 0.910. The molecule has 25 heavy (non-hydrogen) atoms. The predicted molar refractivity (Wildman–Crippen MR) is 98.4 cm³/mol. The molecule has 3 heterocycles. The minimum Gasteiger partial charge on any atom is -0.350 e. The first-order valence-corrected chi connectivity index (χ1v) is 9.01. The fourth-order valence-corrected chi connectivity index (χ4v) is 3.52. The molecule has 2 aromatic rings. The van der Waals surface area contributed by atoms with Gasteiger partial charge in [-0.2, -0.15) is 0 Å². The summed E-state index contributed by atoms with van der Waals surface area (Å²) in [7, 11) is 0. The molecule has 0 radical (unpaired) electrons. The number of carbonyl (C=O) groups is 1. The number of likely N-dealkylation sites (tertiary alicyclic amines) is 1. The molecule has 132 valence electrons. The van der Waals surface area contributed by atoms with Crippen molar-refractivity contribution in [2.45, 2.75) is 39.2 Å². The Bertz CT molecular complexity index is 691. The smallest absolute Gasteiger partial charge is 0.251 e. The molecule has 1 atom stereocenters. The Morgan fingerprint density at radius 3 is 2.56 bits per heavy atom. The molecule has 1 aliphatic rings. The first kappa shape index (κ1) is 17.5. The number of rotatable bonds is 5. The molecule has 1 fully saturated rings. The average Bonchev–Trinajstić information content (AvgIpc) is 2.63. The Morgan fingerprint density at radius 2 is 1.92 bits per heavy atom. The molecule has 0 aliphatic carbocycles. The van der Waals surface area contributed by atoms with Crippen molar-refractivity contribution < 1.29 is 4.79 Å². The van der Waals surface area contributed by atoms with Crippen molar-refractivity contribution in [3.05, 3.63) is 59.2 Å². The first-order chi connectivity index (χ1) is 12.1. The standard InChI is InChI=1S/C20H26N4O/c1-15-11-18(12-16(2)23-15)20(25)22-14-19(17-7-6-8-21-13-17)24-9-4-3-5-10-24/h6-8,11-13,19H,3-5,9-10,14H2,1-2H3,(H,22,25)/t19-/m1/s1. The van der Waals surface area contributed by atoms with Crippen LogP contribution in [-0.2, 0) is 0 Å². The van der Waals surface area contributed by atoms with Crippen LogP contribution in [-0.4, -0.2) is 40.4 Å². The van der Waals surface area contributed by atoms with E-state index in [4.69, 9.17) is 0 Å². The summed E-state index contributed by atoms with van der Waals surface area (Å²) in [5.41, 5.74) is 3.57. The zero-order chi connectivity index (χ0) is 17.6. The molecule has 1 amide bonds. The molecule has 0 aromatic carbocycles. The van der Waals surface area contributed by atoms with Crippen molar-refractivity contribution >= 4 is 5.91 Å². The molecule has 0 saturated carbocycles. The Hall–Kier alpha value is -2.27. The van der Waals surface area contributed by atoms with Gasteiger partial charge >= 0.3 is 0 Å². The van der Waals surface area contributed by atoms with Gasteiger partial charge in [0.2, 0.25) is 0 Å². The van der Waals surface area contributed by atoms with Crippen LogP contribution in [0.2, 0.25) is 0 Å². The van der Waals surface area contributed by atoms with Gasteiger partial charge in [-0.25, -0.2) is 0 Å². The summed E-state index contributed by atoms with van der Waals surface area (Å²) in [4.78, 5) is 23.7. The van der Waals surface area contributed by atoms with Gasteiger partial charge in [-0.05, 0) is 63.5 Å². The highest BCUT2D eigenvalue weighted by Crippen LogP contribution is 2.23. The monoisotopic (exact) mass is 338 g/mol. The van der Waals surface area contributed by atoms with E-state index in [0.717, 1.165) is 30.0 Å². The van der Waals surface area contributed by atoms with E-state index in [0.29, 0.717) is 12.1 Å². The van der Waals surface area contributed by atoms with Gasteiger partial charge < -0.3 is 5.32 Å². The highest BCUT2D eigenvalue weighted by molar-refractivity contribution is 5.94. The van der Waals surface area contributed by atoms with Gasteiger partial charge in [0.05, 0.1) is 6.04 Å². The van der Waals surface area contributed by atoms with E-state index in [1.54, 1.807) is 6.20 Å². The van der Waals surface area contributed by atoms with E-state index in [1.807, 2.05) is 38.2 Å². The zero-order valence-corrected chi connectivity index (χ0v) is 15.0. The molecule has 0 spiro atoms. The van der Waals surface area contributed by atoms with Gasteiger partial charge in [0.15, 0.2) is 0 Å². The van der Waals surface area contributed by atoms with Gasteiger partial charge in [0.25, 0.3) is 5.91 Å². The van der Waals surface area contributed by atoms with Crippen molar-refractivity contribution in [1.29, 1.82) is 0 Å². The summed E-state index contributed by atoms with van der Waals surface area (Å²) < 4.78 is 0. The van der Waals surface area contributed by atoms with Crippen molar-refractivity contribution in [3.63, 3.8) is 0 Å². The maximum atomic E-state index is 12.6. The van der Waals surface area contributed by atoms with Crippen molar-refractivity contribution in [3.8, 4) is 0 Å². The highest BCUT2D eigenvalue weighted by Gasteiger charge is 2.23. The normalized spacial score (nSPS) is 16.4. The number of hydrogen-bond donors (Lipinski definition) is 1. The summed E-state index contributed by atoms with van der Waals surface area (Å²) >= 11 is 0. The van der Waals surface area contributed by atoms with Crippen LogP contribution in [0, 0.1) is 13.8 Å². The van der Waals surface area contributed by atoms with Gasteiger partial charge in [-0.15, -0.1) is 0 Å². The molecule has 1 aliphatic heterocycles. The maximum Gasteiger partial charge on any atom is 0.251 e. The number of piperidine rings is 1. The summed E-state index contributed by atoms with van der Waals surface area (Å²) in [6, 6.07) is 7.90. The number of carbonyl (C=O) groups excluding carboxylic acids is 1. The SMILES string of the molecule is Cc1cc(C(=O)NC[C@H](c2cccnc2)N2CCCCC2)cc(C)n1. The van der Waals surface area contributed by atoms with Crippen LogP contribution >= 0.6 is 0 Å². The minimum atomic E-state index is -0.0421. The van der Waals surface area contributed by atoms with Crippen LogP contribution in [0.3, 0.4) is 0 Å². The van der Waals surface area contributed by atoms with E-state index in [1.165, 1.54) is 19.3 Å². The van der Waals surface area contributed by atoms with Crippen molar-refractivity contribution in [2.75, 3.05) is 19.6 Å². The molecule has 1 saturated heterocycles. The predicted octanol–water partition coefficient (Wildman–Crippen LogP) is 3.05. The van der Waals surface area contributed by atoms with Gasteiger partial charge in [-0.3, -0.25) is 19.7 Å². The fraction of sp³-hybridized carbons (Fsp3) is 0.450. The third-order valence-corrected chi connectivity index (χ3v) is 4.70. The van der Waals surface area contributed by atoms with E-state index >= 15 is 0 Å². The molecular weight excluding hydrogens is 312 g/mol. The maximum absolute atomic E-state index is 12.6. The second-order valence-corrected chi connectivity index (χ2v) is 6.75. The largest absolute Gasteiger partial charge is 0.350 e. The molecule has 0 bridgehead atoms. The number of amides is 1. The molecule has 3 rings (SSSR count). The lowest BCUT2D eigenvalue weighted by Crippen LogP contribution is -2.40. The molecule has 5 nitrogen and oxygen atoms in total. The second-order valence-electron chi connectivity index (χ2n) is 6.75. The molecular formula is C20H26N4O. The van der Waals surface area contributed by atoms with Crippen LogP contribution in [0.4, 0.5) is 0 Å². The van der Waals surface area contributed by atoms with Gasteiger partial charge in [-0.1, -0.05) is 12.5 Å². The Labute approximate surface area is 149 Å². The lowest BCUT2D eigenvalue weighted by atomic mass is 10.0. The third-order valence-electron chi connectivity index (χ3n) is 4.70. The van der Waals surface area contributed by atoms with Crippen LogP contribution < -0.4 is 5.32 Å². The average molecular weight is 338 g/mol. The second kappa shape index (κ2) is 8.21. The third kappa shape index (κ3) is 4.63. The van der Waals surface area contributed by atoms with Gasteiger partial charge in [0, 0.05) is 35.9 Å². The molecule has 0 unspecified atom stereocenters. The topological polar surface area (TPSA) is 58.1 Å². The number of nitrogens with zero attached hydrogens (tertiary/aromatic N) is 3. The number of nitrogens with one attached hydrogen (secondary N) is 1. The van der Waals surface area contributed by atoms with E-state index in [2.05, 4.69) is 26.3 Å². The Balaban J connectivity index is 1.72. The van der Waals surface area contributed by atoms with Crippen LogP contribution in [0.1, 0.15) is 52.6 Å². The number of aromatic nitrogens is 2. The van der Waals surface area contributed by atoms with Crippen LogP contribution in [0.25, 0.3) is 0 Å². The number of hydrogen-bond acceptors (Lipinski definition) is 4. The summed E-state index contributed by atoms with van der Waals surface area (Å²) in [5.74, 6) is -0.0421. The minimum absolute atomic E-state index is 0.0421. The summed E-state index contributed by atoms with van der Waals surface area (Å²) in [5, 5.41) is 3.11. The molecule has 1 N–H and O–H groups in total. The van der Waals surface area contributed by atoms with Crippen LogP contribution in [0.15, 0.2) is 36.7 Å². The van der Waals surface area contributed by atoms with Crippen molar-refractivity contribution in [2.24, 2.45) is 0 Å². The summed E-state index contributed by atoms with van der Waals surface area (Å²) in [6.45, 7) is 6.56. The summed E-state index contributed by atoms with van der Waals surface area (Å²) in [6.07, 6.45) is 7.42. The molecule has 2 aromatic heterocycles. The van der Waals surface area contributed by atoms with E-state index in [9.17, 15) is 4.79 Å². The van der Waals surface area contributed by atoms with E-state index in [-0.39, 0.29) is 11.9 Å².